The van der Waals surface area contributed by atoms with E-state index in [0.717, 1.165) is 38.1 Å². The summed E-state index contributed by atoms with van der Waals surface area (Å²) < 4.78 is 2.02. The first-order valence-electron chi connectivity index (χ1n) is 9.79. The SMILES string of the molecule is Cc1ccc(C2(CNC(=O)C3CCc4nncn4C3)CCCC2)c(C)c1. The van der Waals surface area contributed by atoms with Gasteiger partial charge in [-0.2, -0.15) is 0 Å². The van der Waals surface area contributed by atoms with Crippen LogP contribution < -0.4 is 5.32 Å². The number of carbonyl (C=O) groups excluding carboxylic acids is 1. The van der Waals surface area contributed by atoms with Crippen LogP contribution in [0.2, 0.25) is 0 Å². The average molecular weight is 352 g/mol. The lowest BCUT2D eigenvalue weighted by Gasteiger charge is -2.33. The Hall–Kier alpha value is -2.17. The summed E-state index contributed by atoms with van der Waals surface area (Å²) in [5, 5.41) is 11.4. The molecule has 0 bridgehead atoms. The number of nitrogens with one attached hydrogen (secondary N) is 1. The van der Waals surface area contributed by atoms with Crippen LogP contribution in [0.25, 0.3) is 0 Å². The van der Waals surface area contributed by atoms with Crippen molar-refractivity contribution in [1.29, 1.82) is 0 Å². The quantitative estimate of drug-likeness (QED) is 0.920. The van der Waals surface area contributed by atoms with Gasteiger partial charge >= 0.3 is 0 Å². The van der Waals surface area contributed by atoms with E-state index in [1.807, 2.05) is 4.57 Å². The zero-order valence-corrected chi connectivity index (χ0v) is 15.8. The molecule has 0 saturated heterocycles. The van der Waals surface area contributed by atoms with Gasteiger partial charge in [-0.15, -0.1) is 10.2 Å². The number of aromatic nitrogens is 3. The Balaban J connectivity index is 1.47. The number of carbonyl (C=O) groups is 1. The molecule has 0 radical (unpaired) electrons. The zero-order valence-electron chi connectivity index (χ0n) is 15.8. The molecule has 0 spiro atoms. The molecule has 5 nitrogen and oxygen atoms in total. The Labute approximate surface area is 155 Å². The highest BCUT2D eigenvalue weighted by Crippen LogP contribution is 2.42. The average Bonchev–Trinajstić information content (AvgIpc) is 3.29. The van der Waals surface area contributed by atoms with Gasteiger partial charge in [-0.05, 0) is 44.2 Å². The van der Waals surface area contributed by atoms with Gasteiger partial charge in [-0.25, -0.2) is 0 Å². The molecule has 4 rings (SSSR count). The summed E-state index contributed by atoms with van der Waals surface area (Å²) in [6.45, 7) is 5.80. The van der Waals surface area contributed by atoms with E-state index in [9.17, 15) is 4.79 Å². The smallest absolute Gasteiger partial charge is 0.224 e. The summed E-state index contributed by atoms with van der Waals surface area (Å²) in [7, 11) is 0. The summed E-state index contributed by atoms with van der Waals surface area (Å²) in [4.78, 5) is 12.8. The highest BCUT2D eigenvalue weighted by atomic mass is 16.1. The van der Waals surface area contributed by atoms with E-state index in [-0.39, 0.29) is 17.2 Å². The van der Waals surface area contributed by atoms with Crippen molar-refractivity contribution in [2.24, 2.45) is 5.92 Å². The lowest BCUT2D eigenvalue weighted by molar-refractivity contribution is -0.126. The molecule has 2 aromatic rings. The van der Waals surface area contributed by atoms with Crippen molar-refractivity contribution < 1.29 is 4.79 Å². The fourth-order valence-corrected chi connectivity index (χ4v) is 4.87. The minimum Gasteiger partial charge on any atom is -0.355 e. The van der Waals surface area contributed by atoms with Gasteiger partial charge in [-0.1, -0.05) is 36.6 Å². The molecule has 5 heteroatoms. The van der Waals surface area contributed by atoms with Crippen LogP contribution in [0.15, 0.2) is 24.5 Å². The molecule has 1 saturated carbocycles. The standard InChI is InChI=1S/C21H28N4O/c1-15-5-7-18(16(2)11-15)21(9-3-4-10-21)13-22-20(26)17-6-8-19-24-23-14-25(19)12-17/h5,7,11,14,17H,3-4,6,8-10,12-13H2,1-2H3,(H,22,26). The molecule has 1 unspecified atom stereocenters. The topological polar surface area (TPSA) is 59.8 Å². The molecule has 1 aliphatic heterocycles. The van der Waals surface area contributed by atoms with Crippen LogP contribution in [0.4, 0.5) is 0 Å². The molecular formula is C21H28N4O. The van der Waals surface area contributed by atoms with Gasteiger partial charge in [0, 0.05) is 24.9 Å². The molecule has 1 aliphatic carbocycles. The molecule has 1 N–H and O–H groups in total. The second kappa shape index (κ2) is 6.86. The second-order valence-corrected chi connectivity index (χ2v) is 8.16. The largest absolute Gasteiger partial charge is 0.355 e. The Kier molecular flexibility index (Phi) is 4.55. The lowest BCUT2D eigenvalue weighted by atomic mass is 9.76. The van der Waals surface area contributed by atoms with E-state index in [1.165, 1.54) is 29.5 Å². The monoisotopic (exact) mass is 352 g/mol. The molecule has 2 aliphatic rings. The summed E-state index contributed by atoms with van der Waals surface area (Å²) in [5.41, 5.74) is 4.18. The van der Waals surface area contributed by atoms with Crippen LogP contribution in [0, 0.1) is 19.8 Å². The highest BCUT2D eigenvalue weighted by molar-refractivity contribution is 5.78. The third-order valence-electron chi connectivity index (χ3n) is 6.31. The first-order chi connectivity index (χ1) is 12.6. The van der Waals surface area contributed by atoms with Gasteiger partial charge in [0.25, 0.3) is 0 Å². The number of nitrogens with zero attached hydrogens (tertiary/aromatic N) is 3. The first-order valence-corrected chi connectivity index (χ1v) is 9.79. The van der Waals surface area contributed by atoms with E-state index in [0.29, 0.717) is 6.54 Å². The van der Waals surface area contributed by atoms with E-state index in [1.54, 1.807) is 6.33 Å². The van der Waals surface area contributed by atoms with E-state index in [2.05, 4.69) is 47.6 Å². The van der Waals surface area contributed by atoms with Crippen LogP contribution in [-0.2, 0) is 23.2 Å². The van der Waals surface area contributed by atoms with Crippen molar-refractivity contribution in [2.75, 3.05) is 6.54 Å². The minimum atomic E-state index is 0.0241. The lowest BCUT2D eigenvalue weighted by Crippen LogP contribution is -2.43. The molecule has 138 valence electrons. The van der Waals surface area contributed by atoms with Crippen molar-refractivity contribution in [3.63, 3.8) is 0 Å². The van der Waals surface area contributed by atoms with Crippen LogP contribution in [-0.4, -0.2) is 27.2 Å². The second-order valence-electron chi connectivity index (χ2n) is 8.16. The van der Waals surface area contributed by atoms with Gasteiger partial charge in [0.1, 0.15) is 12.2 Å². The van der Waals surface area contributed by atoms with Crippen molar-refractivity contribution >= 4 is 5.91 Å². The number of hydrogen-bond acceptors (Lipinski definition) is 3. The maximum Gasteiger partial charge on any atom is 0.224 e. The fraction of sp³-hybridized carbons (Fsp3) is 0.571. The van der Waals surface area contributed by atoms with Crippen LogP contribution in [0.5, 0.6) is 0 Å². The highest BCUT2D eigenvalue weighted by Gasteiger charge is 2.37. The molecule has 1 aromatic carbocycles. The van der Waals surface area contributed by atoms with Crippen molar-refractivity contribution in [3.05, 3.63) is 47.0 Å². The van der Waals surface area contributed by atoms with Gasteiger partial charge in [0.2, 0.25) is 5.91 Å². The number of aryl methyl sites for hydroxylation is 3. The number of rotatable bonds is 4. The summed E-state index contributed by atoms with van der Waals surface area (Å²) in [6, 6.07) is 6.76. The maximum atomic E-state index is 12.8. The number of hydrogen-bond donors (Lipinski definition) is 1. The predicted molar refractivity (Wildman–Crippen MR) is 101 cm³/mol. The van der Waals surface area contributed by atoms with E-state index >= 15 is 0 Å². The molecule has 2 heterocycles. The third-order valence-corrected chi connectivity index (χ3v) is 6.31. The maximum absolute atomic E-state index is 12.8. The minimum absolute atomic E-state index is 0.0241. The molecular weight excluding hydrogens is 324 g/mol. The van der Waals surface area contributed by atoms with Gasteiger partial charge < -0.3 is 9.88 Å². The van der Waals surface area contributed by atoms with E-state index < -0.39 is 0 Å². The third kappa shape index (κ3) is 3.15. The normalized spacial score (nSPS) is 21.4. The Morgan fingerprint density at radius 2 is 2.12 bits per heavy atom. The number of fused-ring (bicyclic) bond motifs is 1. The van der Waals surface area contributed by atoms with Gasteiger partial charge in [0.05, 0.1) is 5.92 Å². The fourth-order valence-electron chi connectivity index (χ4n) is 4.87. The Morgan fingerprint density at radius 1 is 1.31 bits per heavy atom. The Morgan fingerprint density at radius 3 is 2.88 bits per heavy atom. The van der Waals surface area contributed by atoms with Crippen LogP contribution in [0.3, 0.4) is 0 Å². The summed E-state index contributed by atoms with van der Waals surface area (Å²) in [6.07, 6.45) is 8.26. The summed E-state index contributed by atoms with van der Waals surface area (Å²) in [5.74, 6) is 1.20. The zero-order chi connectivity index (χ0) is 18.1. The first kappa shape index (κ1) is 17.3. The van der Waals surface area contributed by atoms with Crippen LogP contribution in [0.1, 0.15) is 54.6 Å². The van der Waals surface area contributed by atoms with Gasteiger partial charge in [0.15, 0.2) is 0 Å². The van der Waals surface area contributed by atoms with Gasteiger partial charge in [-0.3, -0.25) is 4.79 Å². The molecule has 1 atom stereocenters. The van der Waals surface area contributed by atoms with Crippen molar-refractivity contribution in [2.45, 2.75) is 64.3 Å². The molecule has 1 aromatic heterocycles. The van der Waals surface area contributed by atoms with Crippen molar-refractivity contribution in [3.8, 4) is 0 Å². The van der Waals surface area contributed by atoms with Crippen molar-refractivity contribution in [1.82, 2.24) is 20.1 Å². The summed E-state index contributed by atoms with van der Waals surface area (Å²) >= 11 is 0. The Bertz CT molecular complexity index is 804. The van der Waals surface area contributed by atoms with E-state index in [4.69, 9.17) is 0 Å². The number of benzene rings is 1. The molecule has 26 heavy (non-hydrogen) atoms. The molecule has 1 amide bonds. The molecule has 1 fully saturated rings. The van der Waals surface area contributed by atoms with Crippen LogP contribution >= 0.6 is 0 Å². The number of amides is 1. The predicted octanol–water partition coefficient (Wildman–Crippen LogP) is 3.09.